The Morgan fingerprint density at radius 2 is 2.15 bits per heavy atom. The maximum absolute atomic E-state index is 9.59. The van der Waals surface area contributed by atoms with Crippen molar-refractivity contribution in [1.82, 2.24) is 9.55 Å². The zero-order valence-corrected chi connectivity index (χ0v) is 11.3. The number of hydrogen-bond acceptors (Lipinski definition) is 5. The number of benzene rings is 1. The molecule has 6 nitrogen and oxygen atoms in total. The van der Waals surface area contributed by atoms with Gasteiger partial charge in [0.2, 0.25) is 0 Å². The van der Waals surface area contributed by atoms with E-state index in [4.69, 9.17) is 11.6 Å². The topological polar surface area (TPSA) is 93.3 Å². The van der Waals surface area contributed by atoms with Crippen molar-refractivity contribution < 1.29 is 5.11 Å². The molecule has 0 aliphatic rings. The summed E-state index contributed by atoms with van der Waals surface area (Å²) in [5.74, 6) is 6.50. The van der Waals surface area contributed by atoms with E-state index in [9.17, 15) is 5.11 Å². The third-order valence-corrected chi connectivity index (χ3v) is 2.83. The van der Waals surface area contributed by atoms with E-state index in [1.54, 1.807) is 30.1 Å². The summed E-state index contributed by atoms with van der Waals surface area (Å²) in [5, 5.41) is 11.1. The van der Waals surface area contributed by atoms with Gasteiger partial charge in [0.25, 0.3) is 0 Å². The number of aliphatic hydroxyl groups is 1. The zero-order valence-electron chi connectivity index (χ0n) is 11.3. The fraction of sp³-hybridized carbons (Fsp3) is 0.214. The van der Waals surface area contributed by atoms with Crippen LogP contribution in [0.15, 0.2) is 54.6 Å². The number of nitrogens with two attached hydrogens (primary N) is 2. The third-order valence-electron chi connectivity index (χ3n) is 2.83. The first-order chi connectivity index (χ1) is 9.58. The Morgan fingerprint density at radius 1 is 1.45 bits per heavy atom. The van der Waals surface area contributed by atoms with E-state index in [0.29, 0.717) is 18.1 Å². The molecule has 1 heterocycles. The Labute approximate surface area is 117 Å². The van der Waals surface area contributed by atoms with Crippen LogP contribution in [0.25, 0.3) is 0 Å². The highest BCUT2D eigenvalue weighted by Crippen LogP contribution is 2.12. The van der Waals surface area contributed by atoms with E-state index < -0.39 is 6.10 Å². The van der Waals surface area contributed by atoms with Crippen molar-refractivity contribution in [2.75, 3.05) is 5.01 Å². The minimum atomic E-state index is -0.638. The maximum atomic E-state index is 9.59. The second-order valence-corrected chi connectivity index (χ2v) is 4.54. The van der Waals surface area contributed by atoms with Gasteiger partial charge in [0.05, 0.1) is 12.2 Å². The Hall–Kier alpha value is -2.31. The largest absolute Gasteiger partial charge is 0.399 e. The van der Waals surface area contributed by atoms with Crippen molar-refractivity contribution in [3.63, 3.8) is 0 Å². The molecule has 0 spiro atoms. The van der Waals surface area contributed by atoms with Crippen LogP contribution in [0.5, 0.6) is 0 Å². The Bertz CT molecular complexity index is 576. The molecule has 1 aromatic carbocycles. The van der Waals surface area contributed by atoms with E-state index in [1.807, 2.05) is 30.3 Å². The van der Waals surface area contributed by atoms with Gasteiger partial charge in [-0.1, -0.05) is 18.2 Å². The number of hydrazine groups is 1. The fourth-order valence-electron chi connectivity index (χ4n) is 1.91. The van der Waals surface area contributed by atoms with Gasteiger partial charge in [-0.25, -0.2) is 10.8 Å². The molecule has 2 rings (SSSR count). The number of allylic oxidation sites excluding steroid dienone is 1. The second-order valence-electron chi connectivity index (χ2n) is 4.54. The monoisotopic (exact) mass is 273 g/mol. The molecule has 1 unspecified atom stereocenters. The Balaban J connectivity index is 2.09. The predicted molar refractivity (Wildman–Crippen MR) is 78.2 cm³/mol. The van der Waals surface area contributed by atoms with Gasteiger partial charge < -0.3 is 15.4 Å². The summed E-state index contributed by atoms with van der Waals surface area (Å²) in [6.45, 7) is 2.08. The standard InChI is InChI=1S/C14H19N5O/c1-11(20)14-17-7-8-18(14)9-12(15)10-19(16)13-5-3-2-4-6-13/h2-8,10-11,20H,9,15-16H2,1H3/b12-10-. The van der Waals surface area contributed by atoms with Crippen LogP contribution in [-0.2, 0) is 6.54 Å². The van der Waals surface area contributed by atoms with Gasteiger partial charge in [-0.3, -0.25) is 5.01 Å². The number of imidazole rings is 1. The lowest BCUT2D eigenvalue weighted by Gasteiger charge is -2.16. The molecule has 106 valence electrons. The van der Waals surface area contributed by atoms with Crippen LogP contribution >= 0.6 is 0 Å². The molecule has 0 saturated heterocycles. The number of nitrogens with zero attached hydrogens (tertiary/aromatic N) is 3. The molecule has 20 heavy (non-hydrogen) atoms. The van der Waals surface area contributed by atoms with E-state index in [1.165, 1.54) is 5.01 Å². The van der Waals surface area contributed by atoms with Gasteiger partial charge in [0.15, 0.2) is 0 Å². The van der Waals surface area contributed by atoms with Crippen molar-refractivity contribution in [1.29, 1.82) is 0 Å². The number of aromatic nitrogens is 2. The molecular weight excluding hydrogens is 254 g/mol. The first-order valence-corrected chi connectivity index (χ1v) is 6.32. The number of aliphatic hydroxyl groups excluding tert-OH is 1. The average molecular weight is 273 g/mol. The number of hydrogen-bond donors (Lipinski definition) is 3. The van der Waals surface area contributed by atoms with Crippen molar-refractivity contribution in [2.24, 2.45) is 11.6 Å². The zero-order chi connectivity index (χ0) is 14.5. The average Bonchev–Trinajstić information content (AvgIpc) is 2.87. The van der Waals surface area contributed by atoms with Crippen LogP contribution in [0.3, 0.4) is 0 Å². The van der Waals surface area contributed by atoms with Gasteiger partial charge in [0.1, 0.15) is 11.9 Å². The summed E-state index contributed by atoms with van der Waals surface area (Å²) in [5.41, 5.74) is 7.39. The molecule has 5 N–H and O–H groups in total. The van der Waals surface area contributed by atoms with Crippen LogP contribution < -0.4 is 16.6 Å². The summed E-state index contributed by atoms with van der Waals surface area (Å²) in [4.78, 5) is 4.09. The summed E-state index contributed by atoms with van der Waals surface area (Å²) < 4.78 is 1.79. The molecule has 0 bridgehead atoms. The highest BCUT2D eigenvalue weighted by molar-refractivity contribution is 5.47. The molecule has 0 amide bonds. The van der Waals surface area contributed by atoms with Crippen molar-refractivity contribution in [3.8, 4) is 0 Å². The first kappa shape index (κ1) is 14.1. The first-order valence-electron chi connectivity index (χ1n) is 6.32. The SMILES string of the molecule is CC(O)c1nccn1C/C(N)=C/N(N)c1ccccc1. The number of anilines is 1. The van der Waals surface area contributed by atoms with E-state index in [0.717, 1.165) is 5.69 Å². The summed E-state index contributed by atoms with van der Waals surface area (Å²) in [6.07, 6.45) is 4.42. The molecule has 0 saturated carbocycles. The van der Waals surface area contributed by atoms with Gasteiger partial charge in [0, 0.05) is 24.3 Å². The van der Waals surface area contributed by atoms with Gasteiger partial charge in [-0.15, -0.1) is 0 Å². The van der Waals surface area contributed by atoms with E-state index >= 15 is 0 Å². The maximum Gasteiger partial charge on any atom is 0.137 e. The molecule has 2 aromatic rings. The normalized spacial score (nSPS) is 13.2. The van der Waals surface area contributed by atoms with Crippen LogP contribution in [0, 0.1) is 0 Å². The second kappa shape index (κ2) is 6.23. The van der Waals surface area contributed by atoms with Crippen LogP contribution in [0.4, 0.5) is 5.69 Å². The molecular formula is C14H19N5O. The molecule has 0 aliphatic heterocycles. The van der Waals surface area contributed by atoms with Crippen LogP contribution in [0.1, 0.15) is 18.9 Å². The lowest BCUT2D eigenvalue weighted by molar-refractivity contribution is 0.184. The Kier molecular flexibility index (Phi) is 4.39. The highest BCUT2D eigenvalue weighted by Gasteiger charge is 2.09. The summed E-state index contributed by atoms with van der Waals surface area (Å²) >= 11 is 0. The summed E-state index contributed by atoms with van der Waals surface area (Å²) in [6, 6.07) is 9.51. The smallest absolute Gasteiger partial charge is 0.137 e. The fourth-order valence-corrected chi connectivity index (χ4v) is 1.91. The van der Waals surface area contributed by atoms with Crippen LogP contribution in [0.2, 0.25) is 0 Å². The minimum absolute atomic E-state index is 0.417. The molecule has 1 atom stereocenters. The quantitative estimate of drug-likeness (QED) is 0.560. The van der Waals surface area contributed by atoms with Crippen molar-refractivity contribution in [3.05, 3.63) is 60.4 Å². The van der Waals surface area contributed by atoms with Crippen molar-refractivity contribution in [2.45, 2.75) is 19.6 Å². The van der Waals surface area contributed by atoms with Crippen molar-refractivity contribution >= 4 is 5.69 Å². The highest BCUT2D eigenvalue weighted by atomic mass is 16.3. The third kappa shape index (κ3) is 3.37. The molecule has 0 radical (unpaired) electrons. The lowest BCUT2D eigenvalue weighted by Crippen LogP contribution is -2.26. The number of rotatable bonds is 5. The molecule has 0 aliphatic carbocycles. The minimum Gasteiger partial charge on any atom is -0.399 e. The van der Waals surface area contributed by atoms with Gasteiger partial charge >= 0.3 is 0 Å². The Morgan fingerprint density at radius 3 is 2.80 bits per heavy atom. The number of para-hydroxylation sites is 1. The van der Waals surface area contributed by atoms with E-state index in [2.05, 4.69) is 4.98 Å². The molecule has 0 fully saturated rings. The molecule has 1 aromatic heterocycles. The van der Waals surface area contributed by atoms with E-state index in [-0.39, 0.29) is 0 Å². The summed E-state index contributed by atoms with van der Waals surface area (Å²) in [7, 11) is 0. The predicted octanol–water partition coefficient (Wildman–Crippen LogP) is 1.12. The molecule has 6 heteroatoms. The van der Waals surface area contributed by atoms with Gasteiger partial charge in [-0.2, -0.15) is 0 Å². The van der Waals surface area contributed by atoms with Crippen LogP contribution in [-0.4, -0.2) is 14.7 Å². The van der Waals surface area contributed by atoms with Gasteiger partial charge in [-0.05, 0) is 19.1 Å². The lowest BCUT2D eigenvalue weighted by atomic mass is 10.3.